The Bertz CT molecular complexity index is 386. The number of ether oxygens (including phenoxy) is 1. The summed E-state index contributed by atoms with van der Waals surface area (Å²) in [7, 11) is 2.00. The van der Waals surface area contributed by atoms with Crippen LogP contribution in [0.2, 0.25) is 0 Å². The molecule has 0 aromatic heterocycles. The van der Waals surface area contributed by atoms with Gasteiger partial charge in [0.05, 0.1) is 12.6 Å². The molecule has 1 heterocycles. The second kappa shape index (κ2) is 4.41. The summed E-state index contributed by atoms with van der Waals surface area (Å²) < 4.78 is 6.06. The molecular weight excluding hydrogens is 214 g/mol. The minimum atomic E-state index is -0.330. The van der Waals surface area contributed by atoms with E-state index in [1.807, 2.05) is 20.9 Å². The van der Waals surface area contributed by atoms with E-state index in [2.05, 4.69) is 36.1 Å². The molecule has 0 saturated carbocycles. The normalized spacial score (nSPS) is 28.5. The highest BCUT2D eigenvalue weighted by molar-refractivity contribution is 5.25. The van der Waals surface area contributed by atoms with Gasteiger partial charge in [0.2, 0.25) is 0 Å². The molecule has 94 valence electrons. The lowest BCUT2D eigenvalue weighted by atomic mass is 10.0. The van der Waals surface area contributed by atoms with Gasteiger partial charge in [-0.3, -0.25) is 4.90 Å². The van der Waals surface area contributed by atoms with Gasteiger partial charge in [-0.25, -0.2) is 0 Å². The van der Waals surface area contributed by atoms with E-state index in [1.165, 1.54) is 5.56 Å². The maximum Gasteiger partial charge on any atom is 0.117 e. The lowest BCUT2D eigenvalue weighted by molar-refractivity contribution is -0.0684. The number of hydrogen-bond acceptors (Lipinski definition) is 3. The maximum atomic E-state index is 9.53. The van der Waals surface area contributed by atoms with Crippen molar-refractivity contribution in [2.45, 2.75) is 38.6 Å². The van der Waals surface area contributed by atoms with Crippen molar-refractivity contribution in [3.63, 3.8) is 0 Å². The summed E-state index contributed by atoms with van der Waals surface area (Å²) in [6.45, 7) is 6.24. The number of rotatable bonds is 2. The average molecular weight is 235 g/mol. The number of nitrogens with zero attached hydrogens (tertiary/aromatic N) is 1. The molecule has 1 aliphatic rings. The third-order valence-corrected chi connectivity index (χ3v) is 3.70. The second-order valence-electron chi connectivity index (χ2n) is 5.26. The Balaban J connectivity index is 2.29. The molecule has 3 nitrogen and oxygen atoms in total. The Labute approximate surface area is 103 Å². The van der Waals surface area contributed by atoms with Crippen molar-refractivity contribution in [1.29, 1.82) is 0 Å². The van der Waals surface area contributed by atoms with Crippen LogP contribution in [0.15, 0.2) is 24.3 Å². The molecule has 1 N–H and O–H groups in total. The van der Waals surface area contributed by atoms with E-state index in [4.69, 9.17) is 4.74 Å². The summed E-state index contributed by atoms with van der Waals surface area (Å²) in [6.07, 6.45) is -0.0550. The molecule has 0 radical (unpaired) electrons. The van der Waals surface area contributed by atoms with Gasteiger partial charge >= 0.3 is 0 Å². The summed E-state index contributed by atoms with van der Waals surface area (Å²) in [5, 5.41) is 9.53. The second-order valence-corrected chi connectivity index (χ2v) is 5.26. The van der Waals surface area contributed by atoms with E-state index in [0.29, 0.717) is 0 Å². The molecule has 1 aliphatic heterocycles. The monoisotopic (exact) mass is 235 g/mol. The first-order valence-electron chi connectivity index (χ1n) is 6.04. The van der Waals surface area contributed by atoms with E-state index in [9.17, 15) is 5.11 Å². The van der Waals surface area contributed by atoms with Crippen LogP contribution in [0.5, 0.6) is 0 Å². The minimum Gasteiger partial charge on any atom is -0.395 e. The van der Waals surface area contributed by atoms with Crippen LogP contribution in [-0.4, -0.2) is 35.4 Å². The zero-order valence-corrected chi connectivity index (χ0v) is 11.0. The number of benzene rings is 1. The lowest BCUT2D eigenvalue weighted by Crippen LogP contribution is -2.42. The van der Waals surface area contributed by atoms with Crippen molar-refractivity contribution in [3.8, 4) is 0 Å². The average Bonchev–Trinajstić information content (AvgIpc) is 2.51. The summed E-state index contributed by atoms with van der Waals surface area (Å²) in [4.78, 5) is 2.09. The van der Waals surface area contributed by atoms with Gasteiger partial charge in [0, 0.05) is 0 Å². The Morgan fingerprint density at radius 2 is 1.88 bits per heavy atom. The van der Waals surface area contributed by atoms with Crippen LogP contribution in [0, 0.1) is 6.92 Å². The zero-order valence-electron chi connectivity index (χ0n) is 11.0. The van der Waals surface area contributed by atoms with Crippen LogP contribution >= 0.6 is 0 Å². The summed E-state index contributed by atoms with van der Waals surface area (Å²) in [5.74, 6) is 0. The number of hydrogen-bond donors (Lipinski definition) is 1. The highest BCUT2D eigenvalue weighted by Crippen LogP contribution is 2.39. The van der Waals surface area contributed by atoms with Crippen LogP contribution in [-0.2, 0) is 4.74 Å². The first-order chi connectivity index (χ1) is 7.95. The topological polar surface area (TPSA) is 32.7 Å². The van der Waals surface area contributed by atoms with Gasteiger partial charge in [0.25, 0.3) is 0 Å². The molecule has 2 rings (SSSR count). The van der Waals surface area contributed by atoms with Crippen molar-refractivity contribution >= 4 is 0 Å². The van der Waals surface area contributed by atoms with Crippen LogP contribution in [0.3, 0.4) is 0 Å². The van der Waals surface area contributed by atoms with Crippen LogP contribution in [0.1, 0.15) is 31.1 Å². The highest BCUT2D eigenvalue weighted by Gasteiger charge is 2.45. The van der Waals surface area contributed by atoms with E-state index in [1.54, 1.807) is 0 Å². The number of likely N-dealkylation sites (N-methyl/N-ethyl adjacent to an activating group) is 1. The van der Waals surface area contributed by atoms with E-state index >= 15 is 0 Å². The maximum absolute atomic E-state index is 9.53. The van der Waals surface area contributed by atoms with Gasteiger partial charge in [-0.2, -0.15) is 0 Å². The van der Waals surface area contributed by atoms with E-state index in [-0.39, 0.29) is 24.5 Å². The first kappa shape index (κ1) is 12.6. The minimum absolute atomic E-state index is 0.0210. The Kier molecular flexibility index (Phi) is 3.25. The SMILES string of the molecule is Cc1ccc([C@H]2OC(C)(C)N(C)[C@@H]2CO)cc1. The fraction of sp³-hybridized carbons (Fsp3) is 0.571. The molecule has 0 bridgehead atoms. The number of aryl methyl sites for hydroxylation is 1. The standard InChI is InChI=1S/C14H21NO2/c1-10-5-7-11(8-6-10)13-12(9-16)15(4)14(2,3)17-13/h5-8,12-13,16H,9H2,1-4H3/t12-,13-/m1/s1. The molecule has 1 fully saturated rings. The molecule has 1 aromatic rings. The van der Waals surface area contributed by atoms with Gasteiger partial charge in [-0.15, -0.1) is 0 Å². The molecule has 1 saturated heterocycles. The van der Waals surface area contributed by atoms with Gasteiger partial charge in [0.15, 0.2) is 0 Å². The van der Waals surface area contributed by atoms with Gasteiger partial charge < -0.3 is 9.84 Å². The van der Waals surface area contributed by atoms with Crippen LogP contribution in [0.4, 0.5) is 0 Å². The van der Waals surface area contributed by atoms with Crippen LogP contribution in [0.25, 0.3) is 0 Å². The van der Waals surface area contributed by atoms with Gasteiger partial charge in [0.1, 0.15) is 11.8 Å². The van der Waals surface area contributed by atoms with Crippen molar-refractivity contribution in [2.24, 2.45) is 0 Å². The summed E-state index contributed by atoms with van der Waals surface area (Å²) in [5.41, 5.74) is 2.04. The van der Waals surface area contributed by atoms with Crippen molar-refractivity contribution in [3.05, 3.63) is 35.4 Å². The predicted octanol–water partition coefficient (Wildman–Crippen LogP) is 2.10. The Morgan fingerprint density at radius 3 is 2.41 bits per heavy atom. The third-order valence-electron chi connectivity index (χ3n) is 3.70. The van der Waals surface area contributed by atoms with Crippen molar-refractivity contribution in [2.75, 3.05) is 13.7 Å². The molecule has 0 spiro atoms. The van der Waals surface area contributed by atoms with Crippen molar-refractivity contribution in [1.82, 2.24) is 4.90 Å². The molecule has 0 amide bonds. The van der Waals surface area contributed by atoms with Gasteiger partial charge in [-0.1, -0.05) is 29.8 Å². The quantitative estimate of drug-likeness (QED) is 0.852. The fourth-order valence-electron chi connectivity index (χ4n) is 2.34. The Hall–Kier alpha value is -0.900. The van der Waals surface area contributed by atoms with E-state index in [0.717, 1.165) is 5.56 Å². The molecule has 17 heavy (non-hydrogen) atoms. The molecular formula is C14H21NO2. The van der Waals surface area contributed by atoms with Gasteiger partial charge in [-0.05, 0) is 33.4 Å². The summed E-state index contributed by atoms with van der Waals surface area (Å²) >= 11 is 0. The zero-order chi connectivity index (χ0) is 12.6. The lowest BCUT2D eigenvalue weighted by Gasteiger charge is -2.28. The predicted molar refractivity (Wildman–Crippen MR) is 67.7 cm³/mol. The van der Waals surface area contributed by atoms with Crippen molar-refractivity contribution < 1.29 is 9.84 Å². The smallest absolute Gasteiger partial charge is 0.117 e. The van der Waals surface area contributed by atoms with Crippen LogP contribution < -0.4 is 0 Å². The molecule has 3 heteroatoms. The largest absolute Gasteiger partial charge is 0.395 e. The van der Waals surface area contributed by atoms with E-state index < -0.39 is 0 Å². The fourth-order valence-corrected chi connectivity index (χ4v) is 2.34. The highest BCUT2D eigenvalue weighted by atomic mass is 16.5. The first-order valence-corrected chi connectivity index (χ1v) is 6.04. The molecule has 0 unspecified atom stereocenters. The number of aliphatic hydroxyl groups excluding tert-OH is 1. The molecule has 0 aliphatic carbocycles. The molecule has 1 aromatic carbocycles. The molecule has 2 atom stereocenters. The third kappa shape index (κ3) is 2.23. The Morgan fingerprint density at radius 1 is 1.29 bits per heavy atom. The summed E-state index contributed by atoms with van der Waals surface area (Å²) in [6, 6.07) is 8.35. The number of aliphatic hydroxyl groups is 1.